The van der Waals surface area contributed by atoms with Gasteiger partial charge in [0.05, 0.1) is 16.3 Å². The summed E-state index contributed by atoms with van der Waals surface area (Å²) >= 11 is 6.21. The van der Waals surface area contributed by atoms with Crippen molar-refractivity contribution in [3.8, 4) is 11.3 Å². The third-order valence-electron chi connectivity index (χ3n) is 6.01. The fraction of sp³-hybridized carbons (Fsp3) is 0.273. The first kappa shape index (κ1) is 17.1. The summed E-state index contributed by atoms with van der Waals surface area (Å²) in [5, 5.41) is 5.06. The van der Waals surface area contributed by atoms with Gasteiger partial charge >= 0.3 is 5.63 Å². The summed E-state index contributed by atoms with van der Waals surface area (Å²) in [4.78, 5) is 19.6. The Bertz CT molecular complexity index is 1300. The number of fused-ring (bicyclic) bond motifs is 4. The van der Waals surface area contributed by atoms with Crippen LogP contribution in [-0.4, -0.2) is 34.6 Å². The van der Waals surface area contributed by atoms with Crippen molar-refractivity contribution in [2.75, 3.05) is 18.0 Å². The molecule has 0 radical (unpaired) electrons. The van der Waals surface area contributed by atoms with Crippen LogP contribution in [0.15, 0.2) is 58.0 Å². The summed E-state index contributed by atoms with van der Waals surface area (Å²) in [5.41, 5.74) is 2.92. The van der Waals surface area contributed by atoms with Crippen molar-refractivity contribution in [2.45, 2.75) is 24.9 Å². The lowest BCUT2D eigenvalue weighted by Crippen LogP contribution is -2.51. The minimum absolute atomic E-state index is 0.394. The lowest BCUT2D eigenvalue weighted by atomic mass is 10.1. The van der Waals surface area contributed by atoms with E-state index in [-0.39, 0.29) is 0 Å². The molecule has 2 unspecified atom stereocenters. The molecule has 0 amide bonds. The van der Waals surface area contributed by atoms with E-state index >= 15 is 0 Å². The quantitative estimate of drug-likeness (QED) is 0.514. The van der Waals surface area contributed by atoms with E-state index in [1.54, 1.807) is 12.3 Å². The average Bonchev–Trinajstić information content (AvgIpc) is 3.30. The van der Waals surface area contributed by atoms with E-state index in [1.807, 2.05) is 34.9 Å². The van der Waals surface area contributed by atoms with E-state index < -0.39 is 5.63 Å². The van der Waals surface area contributed by atoms with Crippen LogP contribution in [0.25, 0.3) is 27.9 Å². The molecule has 1 N–H and O–H groups in total. The second-order valence-electron chi connectivity index (χ2n) is 7.93. The largest absolute Gasteiger partial charge is 0.422 e. The number of aromatic nitrogens is 2. The highest BCUT2D eigenvalue weighted by molar-refractivity contribution is 6.33. The number of anilines is 1. The number of benzene rings is 1. The van der Waals surface area contributed by atoms with E-state index in [0.29, 0.717) is 39.6 Å². The third kappa shape index (κ3) is 2.82. The van der Waals surface area contributed by atoms with Gasteiger partial charge < -0.3 is 19.0 Å². The summed E-state index contributed by atoms with van der Waals surface area (Å²) in [5.74, 6) is 0. The first-order valence-electron chi connectivity index (χ1n) is 9.86. The van der Waals surface area contributed by atoms with Gasteiger partial charge in [-0.05, 0) is 43.2 Å². The van der Waals surface area contributed by atoms with Gasteiger partial charge in [-0.1, -0.05) is 11.6 Å². The normalized spacial score (nSPS) is 21.3. The van der Waals surface area contributed by atoms with Crippen molar-refractivity contribution < 1.29 is 4.42 Å². The number of hydrogen-bond donors (Lipinski definition) is 1. The van der Waals surface area contributed by atoms with Crippen molar-refractivity contribution >= 4 is 33.9 Å². The predicted molar refractivity (Wildman–Crippen MR) is 114 cm³/mol. The second kappa shape index (κ2) is 6.34. The van der Waals surface area contributed by atoms with Crippen molar-refractivity contribution in [1.82, 2.24) is 14.7 Å². The molecule has 3 aromatic heterocycles. The fourth-order valence-electron chi connectivity index (χ4n) is 4.59. The predicted octanol–water partition coefficient (Wildman–Crippen LogP) is 3.70. The first-order chi connectivity index (χ1) is 14.1. The van der Waals surface area contributed by atoms with Gasteiger partial charge in [-0.15, -0.1) is 0 Å². The van der Waals surface area contributed by atoms with Gasteiger partial charge in [0.25, 0.3) is 0 Å². The number of nitrogens with zero attached hydrogens (tertiary/aromatic N) is 3. The Labute approximate surface area is 171 Å². The number of halogens is 1. The first-order valence-corrected chi connectivity index (χ1v) is 10.2. The molecular formula is C22H19ClN4O2. The Morgan fingerprint density at radius 1 is 1.14 bits per heavy atom. The van der Waals surface area contributed by atoms with E-state index in [1.165, 1.54) is 12.8 Å². The molecule has 1 aromatic carbocycles. The van der Waals surface area contributed by atoms with Crippen LogP contribution in [0.1, 0.15) is 12.8 Å². The smallest absolute Gasteiger partial charge is 0.345 e. The Kier molecular flexibility index (Phi) is 3.73. The Morgan fingerprint density at radius 3 is 2.76 bits per heavy atom. The van der Waals surface area contributed by atoms with Crippen LogP contribution in [0.3, 0.4) is 0 Å². The number of pyridine rings is 1. The zero-order valence-corrected chi connectivity index (χ0v) is 16.4. The van der Waals surface area contributed by atoms with Crippen LogP contribution in [0.5, 0.6) is 0 Å². The minimum Gasteiger partial charge on any atom is -0.422 e. The molecule has 6 nitrogen and oxygen atoms in total. The number of piperazine rings is 1. The highest BCUT2D eigenvalue weighted by atomic mass is 35.5. The SMILES string of the molecule is O=c1oc2cc(N3CC4CCC(C3)N4)ccc2cc1-c1cn2cccc(Cl)c2n1. The number of imidazole rings is 1. The molecule has 2 atom stereocenters. The van der Waals surface area contributed by atoms with Crippen LogP contribution in [0.2, 0.25) is 5.02 Å². The number of rotatable bonds is 2. The molecule has 2 saturated heterocycles. The molecule has 0 saturated carbocycles. The van der Waals surface area contributed by atoms with E-state index in [2.05, 4.69) is 21.3 Å². The summed E-state index contributed by atoms with van der Waals surface area (Å²) in [6, 6.07) is 12.7. The van der Waals surface area contributed by atoms with Gasteiger partial charge in [0.1, 0.15) is 5.58 Å². The zero-order valence-electron chi connectivity index (χ0n) is 15.6. The van der Waals surface area contributed by atoms with Gasteiger partial charge in [-0.25, -0.2) is 9.78 Å². The fourth-order valence-corrected chi connectivity index (χ4v) is 4.80. The molecule has 146 valence electrons. The Morgan fingerprint density at radius 2 is 1.97 bits per heavy atom. The maximum absolute atomic E-state index is 12.7. The van der Waals surface area contributed by atoms with Crippen molar-refractivity contribution in [1.29, 1.82) is 0 Å². The van der Waals surface area contributed by atoms with Crippen LogP contribution in [-0.2, 0) is 0 Å². The number of hydrogen-bond acceptors (Lipinski definition) is 5. The maximum atomic E-state index is 12.7. The molecule has 5 heterocycles. The molecule has 6 rings (SSSR count). The van der Waals surface area contributed by atoms with Gasteiger partial charge in [0.2, 0.25) is 0 Å². The van der Waals surface area contributed by atoms with Crippen LogP contribution in [0.4, 0.5) is 5.69 Å². The van der Waals surface area contributed by atoms with E-state index in [9.17, 15) is 4.79 Å². The second-order valence-corrected chi connectivity index (χ2v) is 8.33. The van der Waals surface area contributed by atoms with Crippen molar-refractivity contribution in [2.24, 2.45) is 0 Å². The van der Waals surface area contributed by atoms with E-state index in [0.717, 1.165) is 24.2 Å². The van der Waals surface area contributed by atoms with Crippen LogP contribution in [0, 0.1) is 0 Å². The summed E-state index contributed by atoms with van der Waals surface area (Å²) in [7, 11) is 0. The zero-order chi connectivity index (χ0) is 19.5. The van der Waals surface area contributed by atoms with Crippen LogP contribution < -0.4 is 15.8 Å². The van der Waals surface area contributed by atoms with E-state index in [4.69, 9.17) is 16.0 Å². The molecule has 2 aliphatic heterocycles. The number of nitrogens with one attached hydrogen (secondary N) is 1. The summed E-state index contributed by atoms with van der Waals surface area (Å²) < 4.78 is 7.50. The molecule has 29 heavy (non-hydrogen) atoms. The lowest BCUT2D eigenvalue weighted by Gasteiger charge is -2.34. The molecule has 4 aromatic rings. The molecular weight excluding hydrogens is 388 g/mol. The van der Waals surface area contributed by atoms with Crippen molar-refractivity contribution in [3.63, 3.8) is 0 Å². The van der Waals surface area contributed by atoms with Gasteiger partial charge in [0, 0.05) is 54.7 Å². The monoisotopic (exact) mass is 406 g/mol. The average molecular weight is 407 g/mol. The third-order valence-corrected chi connectivity index (χ3v) is 6.31. The van der Waals surface area contributed by atoms with Gasteiger partial charge in [-0.2, -0.15) is 0 Å². The summed E-state index contributed by atoms with van der Waals surface area (Å²) in [6.07, 6.45) is 6.11. The van der Waals surface area contributed by atoms with Gasteiger partial charge in [-0.3, -0.25) is 0 Å². The van der Waals surface area contributed by atoms with Crippen molar-refractivity contribution in [3.05, 3.63) is 64.2 Å². The maximum Gasteiger partial charge on any atom is 0.345 e. The minimum atomic E-state index is -0.394. The standard InChI is InChI=1S/C22H19ClN4O2/c23-18-2-1-7-26-12-19(25-21(18)26)17-8-13-3-6-16(9-20(13)29-22(17)28)27-10-14-4-5-15(11-27)24-14/h1-3,6-9,12,14-15,24H,4-5,10-11H2. The Balaban J connectivity index is 1.41. The lowest BCUT2D eigenvalue weighted by molar-refractivity contribution is 0.465. The molecule has 7 heteroatoms. The molecule has 0 aliphatic carbocycles. The van der Waals surface area contributed by atoms with Crippen LogP contribution >= 0.6 is 11.6 Å². The molecule has 2 fully saturated rings. The Hall–Kier alpha value is -2.83. The molecule has 0 spiro atoms. The highest BCUT2D eigenvalue weighted by Crippen LogP contribution is 2.29. The topological polar surface area (TPSA) is 62.8 Å². The van der Waals surface area contributed by atoms with Gasteiger partial charge in [0.15, 0.2) is 5.65 Å². The summed E-state index contributed by atoms with van der Waals surface area (Å²) in [6.45, 7) is 1.98. The highest BCUT2D eigenvalue weighted by Gasteiger charge is 2.32. The molecule has 2 bridgehead atoms. The molecule has 2 aliphatic rings.